The molecule has 0 aliphatic heterocycles. The number of nitrogens with two attached hydrogens (primary N) is 1. The molecule has 3 atom stereocenters. The van der Waals surface area contributed by atoms with E-state index < -0.39 is 24.2 Å². The molecule has 5 N–H and O–H groups in total. The van der Waals surface area contributed by atoms with Gasteiger partial charge in [-0.2, -0.15) is 0 Å². The number of ether oxygens (including phenoxy) is 1. The third kappa shape index (κ3) is 3.52. The zero-order valence-electron chi connectivity index (χ0n) is 10.8. The van der Waals surface area contributed by atoms with Crippen molar-refractivity contribution >= 4 is 5.97 Å². The Bertz CT molecular complexity index is 315. The number of nitrogens with one attached hydrogen (secondary N) is 1. The molecule has 6 heteroatoms. The normalized spacial score (nSPS) is 28.3. The number of hydrogen-bond donors (Lipinski definition) is 4. The monoisotopic (exact) mass is 258 g/mol. The molecule has 0 aromatic carbocycles. The number of aliphatic hydroxyl groups excluding tert-OH is 1. The van der Waals surface area contributed by atoms with Crippen molar-refractivity contribution in [2.24, 2.45) is 5.84 Å². The summed E-state index contributed by atoms with van der Waals surface area (Å²) in [6.45, 7) is 3.98. The minimum absolute atomic E-state index is 0.00692. The van der Waals surface area contributed by atoms with Gasteiger partial charge in [-0.15, -0.1) is 0 Å². The third-order valence-corrected chi connectivity index (χ3v) is 3.30. The van der Waals surface area contributed by atoms with Gasteiger partial charge in [-0.25, -0.2) is 4.79 Å². The van der Waals surface area contributed by atoms with Gasteiger partial charge in [0.15, 0.2) is 0 Å². The summed E-state index contributed by atoms with van der Waals surface area (Å²) in [5.74, 6) is 4.33. The van der Waals surface area contributed by atoms with Crippen LogP contribution in [0, 0.1) is 0 Å². The summed E-state index contributed by atoms with van der Waals surface area (Å²) in [7, 11) is 0. The highest BCUT2D eigenvalue weighted by atomic mass is 16.5. The summed E-state index contributed by atoms with van der Waals surface area (Å²) in [6.07, 6.45) is 1.85. The van der Waals surface area contributed by atoms with Crippen LogP contribution >= 0.6 is 0 Å². The fraction of sp³-hybridized carbons (Fsp3) is 0.750. The van der Waals surface area contributed by atoms with E-state index in [1.165, 1.54) is 6.08 Å². The molecule has 0 saturated heterocycles. The molecule has 0 spiro atoms. The lowest BCUT2D eigenvalue weighted by atomic mass is 9.90. The first-order valence-electron chi connectivity index (χ1n) is 6.27. The average Bonchev–Trinajstić information content (AvgIpc) is 2.37. The van der Waals surface area contributed by atoms with Crippen molar-refractivity contribution in [1.82, 2.24) is 5.43 Å². The Balaban J connectivity index is 2.84. The second-order valence-electron chi connectivity index (χ2n) is 4.50. The molecule has 0 amide bonds. The van der Waals surface area contributed by atoms with Gasteiger partial charge in [0.05, 0.1) is 12.1 Å². The molecule has 18 heavy (non-hydrogen) atoms. The Morgan fingerprint density at radius 1 is 1.61 bits per heavy atom. The van der Waals surface area contributed by atoms with Gasteiger partial charge in [0.25, 0.3) is 0 Å². The van der Waals surface area contributed by atoms with E-state index in [0.29, 0.717) is 0 Å². The fourth-order valence-corrected chi connectivity index (χ4v) is 2.09. The van der Waals surface area contributed by atoms with Crippen LogP contribution in [0.15, 0.2) is 11.6 Å². The maximum Gasteiger partial charge on any atom is 0.331 e. The van der Waals surface area contributed by atoms with Gasteiger partial charge in [-0.05, 0) is 25.3 Å². The molecule has 1 aliphatic carbocycles. The van der Waals surface area contributed by atoms with Crippen LogP contribution in [0.2, 0.25) is 0 Å². The smallest absolute Gasteiger partial charge is 0.331 e. The zero-order valence-corrected chi connectivity index (χ0v) is 10.8. The molecule has 0 unspecified atom stereocenters. The van der Waals surface area contributed by atoms with Gasteiger partial charge >= 0.3 is 5.97 Å². The van der Waals surface area contributed by atoms with Crippen LogP contribution in [-0.4, -0.2) is 40.5 Å². The molecule has 1 rings (SSSR count). The molecular weight excluding hydrogens is 236 g/mol. The van der Waals surface area contributed by atoms with Gasteiger partial charge < -0.3 is 14.9 Å². The zero-order chi connectivity index (χ0) is 13.7. The lowest BCUT2D eigenvalue weighted by molar-refractivity contribution is -0.133. The quantitative estimate of drug-likeness (QED) is 0.400. The third-order valence-electron chi connectivity index (χ3n) is 3.30. The summed E-state index contributed by atoms with van der Waals surface area (Å²) in [6, 6.07) is -0.500. The Morgan fingerprint density at radius 3 is 2.67 bits per heavy atom. The Hall–Kier alpha value is -0.950. The summed E-state index contributed by atoms with van der Waals surface area (Å²) in [5, 5.41) is 19.1. The number of aliphatic hydroxyl groups is 1. The molecule has 0 heterocycles. The van der Waals surface area contributed by atoms with Crippen LogP contribution in [0.5, 0.6) is 0 Å². The van der Waals surface area contributed by atoms with Crippen molar-refractivity contribution in [1.29, 1.82) is 0 Å². The minimum atomic E-state index is -1.000. The topological polar surface area (TPSA) is 105 Å². The van der Waals surface area contributed by atoms with Crippen molar-refractivity contribution < 1.29 is 19.7 Å². The maximum absolute atomic E-state index is 11.0. The van der Waals surface area contributed by atoms with Gasteiger partial charge in [-0.1, -0.05) is 13.8 Å². The van der Waals surface area contributed by atoms with Gasteiger partial charge in [0.2, 0.25) is 0 Å². The van der Waals surface area contributed by atoms with E-state index in [0.717, 1.165) is 12.8 Å². The second-order valence-corrected chi connectivity index (χ2v) is 4.50. The summed E-state index contributed by atoms with van der Waals surface area (Å²) >= 11 is 0. The number of hydrazine groups is 1. The van der Waals surface area contributed by atoms with Crippen molar-refractivity contribution in [2.45, 2.75) is 57.5 Å². The molecule has 0 aromatic rings. The first-order valence-corrected chi connectivity index (χ1v) is 6.27. The van der Waals surface area contributed by atoms with Crippen LogP contribution < -0.4 is 11.3 Å². The SMILES string of the molecule is CCC(CC)O[C@@H]1C=C(C(=O)O)C[C@H](NN)[C@@H]1O. The highest BCUT2D eigenvalue weighted by molar-refractivity contribution is 5.87. The number of hydrogen-bond acceptors (Lipinski definition) is 5. The molecule has 104 valence electrons. The molecule has 0 bridgehead atoms. The highest BCUT2D eigenvalue weighted by Crippen LogP contribution is 2.23. The van der Waals surface area contributed by atoms with Crippen LogP contribution in [0.4, 0.5) is 0 Å². The molecule has 0 radical (unpaired) electrons. The molecular formula is C12H22N2O4. The van der Waals surface area contributed by atoms with E-state index in [-0.39, 0.29) is 18.1 Å². The first kappa shape index (κ1) is 15.1. The number of carbonyl (C=O) groups is 1. The minimum Gasteiger partial charge on any atom is -0.478 e. The molecule has 6 nitrogen and oxygen atoms in total. The highest BCUT2D eigenvalue weighted by Gasteiger charge is 2.34. The number of aliphatic carboxylic acids is 1. The maximum atomic E-state index is 11.0. The Labute approximate surface area is 107 Å². The van der Waals surface area contributed by atoms with Crippen molar-refractivity contribution in [3.05, 3.63) is 11.6 Å². The second kappa shape index (κ2) is 6.84. The number of rotatable bonds is 6. The van der Waals surface area contributed by atoms with Crippen LogP contribution in [0.3, 0.4) is 0 Å². The lowest BCUT2D eigenvalue weighted by Gasteiger charge is -2.34. The Morgan fingerprint density at radius 2 is 2.22 bits per heavy atom. The van der Waals surface area contributed by atoms with Crippen LogP contribution in [0.1, 0.15) is 33.1 Å². The van der Waals surface area contributed by atoms with E-state index in [2.05, 4.69) is 5.43 Å². The molecule has 1 aliphatic rings. The van der Waals surface area contributed by atoms with Gasteiger partial charge in [0, 0.05) is 5.57 Å². The van der Waals surface area contributed by atoms with E-state index in [1.807, 2.05) is 13.8 Å². The predicted molar refractivity (Wildman–Crippen MR) is 66.7 cm³/mol. The average molecular weight is 258 g/mol. The van der Waals surface area contributed by atoms with Crippen molar-refractivity contribution in [2.75, 3.05) is 0 Å². The largest absolute Gasteiger partial charge is 0.478 e. The van der Waals surface area contributed by atoms with E-state index in [4.69, 9.17) is 15.7 Å². The van der Waals surface area contributed by atoms with Crippen molar-refractivity contribution in [3.63, 3.8) is 0 Å². The predicted octanol–water partition coefficient (Wildman–Crippen LogP) is 0.168. The fourth-order valence-electron chi connectivity index (χ4n) is 2.09. The van der Waals surface area contributed by atoms with E-state index in [9.17, 15) is 9.90 Å². The lowest BCUT2D eigenvalue weighted by Crippen LogP contribution is -2.52. The van der Waals surface area contributed by atoms with Gasteiger partial charge in [-0.3, -0.25) is 11.3 Å². The van der Waals surface area contributed by atoms with E-state index >= 15 is 0 Å². The molecule has 0 fully saturated rings. The first-order chi connectivity index (χ1) is 8.53. The molecule has 0 aromatic heterocycles. The number of carboxylic acid groups (broad SMARTS) is 1. The summed E-state index contributed by atoms with van der Waals surface area (Å²) < 4.78 is 5.73. The van der Waals surface area contributed by atoms with E-state index in [1.54, 1.807) is 0 Å². The standard InChI is InChI=1S/C12H22N2O4/c1-3-8(4-2)18-10-6-7(12(16)17)5-9(14-13)11(10)15/h6,8-11,14-15H,3-5,13H2,1-2H3,(H,16,17)/t9-,10+,11-/m0/s1. The Kier molecular flexibility index (Phi) is 5.74. The summed E-state index contributed by atoms with van der Waals surface area (Å²) in [5.41, 5.74) is 2.67. The molecule has 0 saturated carbocycles. The van der Waals surface area contributed by atoms with Crippen LogP contribution in [0.25, 0.3) is 0 Å². The summed E-state index contributed by atoms with van der Waals surface area (Å²) in [4.78, 5) is 11.0. The van der Waals surface area contributed by atoms with Crippen molar-refractivity contribution in [3.8, 4) is 0 Å². The van der Waals surface area contributed by atoms with Gasteiger partial charge in [0.1, 0.15) is 12.2 Å². The van der Waals surface area contributed by atoms with Crippen LogP contribution in [-0.2, 0) is 9.53 Å². The number of carboxylic acids is 1.